The van der Waals surface area contributed by atoms with Crippen molar-refractivity contribution >= 4 is 12.0 Å². The van der Waals surface area contributed by atoms with E-state index < -0.39 is 11.5 Å². The Balaban J connectivity index is 1.99. The van der Waals surface area contributed by atoms with E-state index in [0.717, 1.165) is 44.9 Å². The van der Waals surface area contributed by atoms with Gasteiger partial charge in [-0.25, -0.2) is 9.59 Å². The second-order valence-corrected chi connectivity index (χ2v) is 7.10. The fourth-order valence-corrected chi connectivity index (χ4v) is 3.77. The maximum atomic E-state index is 12.7. The fourth-order valence-electron chi connectivity index (χ4n) is 3.77. The first-order chi connectivity index (χ1) is 11.5. The van der Waals surface area contributed by atoms with Crippen molar-refractivity contribution in [3.05, 3.63) is 12.7 Å². The van der Waals surface area contributed by atoms with Crippen LogP contribution in [-0.4, -0.2) is 53.3 Å². The number of likely N-dealkylation sites (tertiary alicyclic amines) is 1. The SMILES string of the molecule is C=CCO[C@H]1CCCN(C(=O)N[C@](C)(C(=O)O)C2CCCCC2)C1. The number of ether oxygens (including phenoxy) is 1. The van der Waals surface area contributed by atoms with Crippen molar-refractivity contribution in [3.63, 3.8) is 0 Å². The molecule has 0 aromatic heterocycles. The van der Waals surface area contributed by atoms with Crippen LogP contribution in [0.25, 0.3) is 0 Å². The summed E-state index contributed by atoms with van der Waals surface area (Å²) in [7, 11) is 0. The van der Waals surface area contributed by atoms with Gasteiger partial charge in [0.15, 0.2) is 0 Å². The van der Waals surface area contributed by atoms with Crippen molar-refractivity contribution in [2.75, 3.05) is 19.7 Å². The Hall–Kier alpha value is -1.56. The van der Waals surface area contributed by atoms with Gasteiger partial charge in [0.25, 0.3) is 0 Å². The number of amides is 2. The third-order valence-corrected chi connectivity index (χ3v) is 5.35. The number of carbonyl (C=O) groups is 2. The standard InChI is InChI=1S/C18H30N2O4/c1-3-12-24-15-10-7-11-20(13-15)17(23)19-18(2,16(21)22)14-8-5-4-6-9-14/h3,14-15H,1,4-13H2,2H3,(H,19,23)(H,21,22)/t15-,18-/m0/s1. The summed E-state index contributed by atoms with van der Waals surface area (Å²) < 4.78 is 5.65. The van der Waals surface area contributed by atoms with Crippen LogP contribution >= 0.6 is 0 Å². The molecule has 0 unspecified atom stereocenters. The number of carboxylic acid groups (broad SMARTS) is 1. The van der Waals surface area contributed by atoms with Crippen LogP contribution in [0.2, 0.25) is 0 Å². The lowest BCUT2D eigenvalue weighted by atomic mass is 9.75. The van der Waals surface area contributed by atoms with Crippen molar-refractivity contribution in [2.24, 2.45) is 5.92 Å². The molecule has 1 heterocycles. The molecule has 1 aliphatic heterocycles. The molecule has 24 heavy (non-hydrogen) atoms. The topological polar surface area (TPSA) is 78.9 Å². The molecule has 1 saturated heterocycles. The predicted octanol–water partition coefficient (Wildman–Crippen LogP) is 2.79. The molecule has 136 valence electrons. The average molecular weight is 338 g/mol. The molecule has 2 amide bonds. The highest BCUT2D eigenvalue weighted by atomic mass is 16.5. The van der Waals surface area contributed by atoms with E-state index in [0.29, 0.717) is 19.7 Å². The Kier molecular flexibility index (Phi) is 6.66. The molecule has 2 atom stereocenters. The Morgan fingerprint density at radius 1 is 1.29 bits per heavy atom. The minimum atomic E-state index is -1.20. The molecule has 2 N–H and O–H groups in total. The summed E-state index contributed by atoms with van der Waals surface area (Å²) in [6.45, 7) is 6.89. The molecule has 6 heteroatoms. The van der Waals surface area contributed by atoms with Crippen molar-refractivity contribution < 1.29 is 19.4 Å². The lowest BCUT2D eigenvalue weighted by Gasteiger charge is -2.40. The molecule has 2 aliphatic rings. The van der Waals surface area contributed by atoms with Crippen LogP contribution < -0.4 is 5.32 Å². The van der Waals surface area contributed by atoms with E-state index in [1.54, 1.807) is 17.9 Å². The Morgan fingerprint density at radius 2 is 2.00 bits per heavy atom. The molecule has 2 fully saturated rings. The molecule has 1 saturated carbocycles. The maximum Gasteiger partial charge on any atom is 0.329 e. The number of nitrogens with zero attached hydrogens (tertiary/aromatic N) is 1. The molecular formula is C18H30N2O4. The van der Waals surface area contributed by atoms with Crippen LogP contribution in [-0.2, 0) is 9.53 Å². The molecule has 0 spiro atoms. The maximum absolute atomic E-state index is 12.7. The normalized spacial score (nSPS) is 24.9. The quantitative estimate of drug-likeness (QED) is 0.730. The second-order valence-electron chi connectivity index (χ2n) is 7.10. The van der Waals surface area contributed by atoms with E-state index in [9.17, 15) is 14.7 Å². The number of hydrogen-bond acceptors (Lipinski definition) is 3. The summed E-state index contributed by atoms with van der Waals surface area (Å²) in [6.07, 6.45) is 8.39. The van der Waals surface area contributed by atoms with E-state index in [2.05, 4.69) is 11.9 Å². The van der Waals surface area contributed by atoms with Crippen LogP contribution in [0, 0.1) is 5.92 Å². The zero-order valence-corrected chi connectivity index (χ0v) is 14.6. The minimum Gasteiger partial charge on any atom is -0.480 e. The second kappa shape index (κ2) is 8.51. The van der Waals surface area contributed by atoms with Crippen LogP contribution in [0.4, 0.5) is 4.79 Å². The lowest BCUT2D eigenvalue weighted by Crippen LogP contribution is -2.61. The Bertz CT molecular complexity index is 462. The van der Waals surface area contributed by atoms with Gasteiger partial charge in [0, 0.05) is 13.1 Å². The van der Waals surface area contributed by atoms with Crippen LogP contribution in [0.1, 0.15) is 51.9 Å². The fraction of sp³-hybridized carbons (Fsp3) is 0.778. The van der Waals surface area contributed by atoms with Gasteiger partial charge in [-0.1, -0.05) is 25.3 Å². The van der Waals surface area contributed by atoms with Gasteiger partial charge >= 0.3 is 12.0 Å². The highest BCUT2D eigenvalue weighted by Crippen LogP contribution is 2.33. The molecule has 2 rings (SSSR count). The van der Waals surface area contributed by atoms with E-state index in [1.807, 2.05) is 0 Å². The van der Waals surface area contributed by atoms with Gasteiger partial charge in [0.2, 0.25) is 0 Å². The first-order valence-electron chi connectivity index (χ1n) is 9.00. The number of piperidine rings is 1. The number of rotatable bonds is 6. The highest BCUT2D eigenvalue weighted by Gasteiger charge is 2.44. The third-order valence-electron chi connectivity index (χ3n) is 5.35. The van der Waals surface area contributed by atoms with Gasteiger partial charge in [-0.3, -0.25) is 0 Å². The lowest BCUT2D eigenvalue weighted by molar-refractivity contribution is -0.146. The van der Waals surface area contributed by atoms with Crippen molar-refractivity contribution in [3.8, 4) is 0 Å². The number of nitrogens with one attached hydrogen (secondary N) is 1. The van der Waals surface area contributed by atoms with Crippen LogP contribution in [0.3, 0.4) is 0 Å². The first-order valence-corrected chi connectivity index (χ1v) is 9.00. The molecule has 6 nitrogen and oxygen atoms in total. The van der Waals surface area contributed by atoms with E-state index >= 15 is 0 Å². The van der Waals surface area contributed by atoms with Crippen molar-refractivity contribution in [1.29, 1.82) is 0 Å². The molecule has 0 aromatic carbocycles. The monoisotopic (exact) mass is 338 g/mol. The zero-order chi connectivity index (χ0) is 17.6. The van der Waals surface area contributed by atoms with Gasteiger partial charge in [-0.05, 0) is 38.5 Å². The van der Waals surface area contributed by atoms with Gasteiger partial charge in [-0.15, -0.1) is 6.58 Å². The first kappa shape index (κ1) is 18.8. The van der Waals surface area contributed by atoms with E-state index in [4.69, 9.17) is 4.74 Å². The number of carboxylic acids is 1. The highest BCUT2D eigenvalue weighted by molar-refractivity contribution is 5.86. The predicted molar refractivity (Wildman–Crippen MR) is 91.9 cm³/mol. The number of carbonyl (C=O) groups excluding carboxylic acids is 1. The van der Waals surface area contributed by atoms with E-state index in [-0.39, 0.29) is 18.1 Å². The Morgan fingerprint density at radius 3 is 2.62 bits per heavy atom. The zero-order valence-electron chi connectivity index (χ0n) is 14.6. The molecule has 0 radical (unpaired) electrons. The third kappa shape index (κ3) is 4.50. The summed E-state index contributed by atoms with van der Waals surface area (Å²) in [5.41, 5.74) is -1.20. The molecule has 1 aliphatic carbocycles. The van der Waals surface area contributed by atoms with Crippen LogP contribution in [0.15, 0.2) is 12.7 Å². The molecule has 0 bridgehead atoms. The smallest absolute Gasteiger partial charge is 0.329 e. The number of aliphatic carboxylic acids is 1. The van der Waals surface area contributed by atoms with Gasteiger partial charge in [0.1, 0.15) is 5.54 Å². The molecular weight excluding hydrogens is 308 g/mol. The number of urea groups is 1. The van der Waals surface area contributed by atoms with Crippen molar-refractivity contribution in [1.82, 2.24) is 10.2 Å². The summed E-state index contributed by atoms with van der Waals surface area (Å²) in [6, 6.07) is -0.294. The summed E-state index contributed by atoms with van der Waals surface area (Å²) in [5, 5.41) is 12.6. The van der Waals surface area contributed by atoms with Crippen LogP contribution in [0.5, 0.6) is 0 Å². The minimum absolute atomic E-state index is 0.00624. The van der Waals surface area contributed by atoms with E-state index in [1.165, 1.54) is 0 Å². The summed E-state index contributed by atoms with van der Waals surface area (Å²) >= 11 is 0. The van der Waals surface area contributed by atoms with Crippen molar-refractivity contribution in [2.45, 2.75) is 63.5 Å². The average Bonchev–Trinajstić information content (AvgIpc) is 2.60. The summed E-state index contributed by atoms with van der Waals surface area (Å²) in [4.78, 5) is 26.2. The van der Waals surface area contributed by atoms with Gasteiger partial charge in [0.05, 0.1) is 12.7 Å². The van der Waals surface area contributed by atoms with Gasteiger partial charge in [-0.2, -0.15) is 0 Å². The summed E-state index contributed by atoms with van der Waals surface area (Å²) in [5.74, 6) is -0.954. The molecule has 0 aromatic rings. The largest absolute Gasteiger partial charge is 0.480 e. The number of hydrogen-bond donors (Lipinski definition) is 2. The Labute approximate surface area is 144 Å². The van der Waals surface area contributed by atoms with Gasteiger partial charge < -0.3 is 20.1 Å².